The number of halogens is 7. The van der Waals surface area contributed by atoms with Crippen molar-refractivity contribution in [1.29, 1.82) is 0 Å². The van der Waals surface area contributed by atoms with Gasteiger partial charge in [-0.25, -0.2) is 9.59 Å². The Labute approximate surface area is 248 Å². The summed E-state index contributed by atoms with van der Waals surface area (Å²) in [6, 6.07) is 12.2. The molecule has 2 aliphatic rings. The molecular formula is C27H33ClF6N2O7. The highest BCUT2D eigenvalue weighted by atomic mass is 35.5. The highest BCUT2D eigenvalue weighted by Gasteiger charge is 2.43. The van der Waals surface area contributed by atoms with Crippen LogP contribution in [0.4, 0.5) is 26.3 Å². The topological polar surface area (TPSA) is 121 Å². The van der Waals surface area contributed by atoms with E-state index in [1.165, 1.54) is 0 Å². The van der Waals surface area contributed by atoms with Gasteiger partial charge < -0.3 is 29.4 Å². The maximum absolute atomic E-state index is 10.6. The van der Waals surface area contributed by atoms with Crippen molar-refractivity contribution in [3.05, 3.63) is 47.2 Å². The van der Waals surface area contributed by atoms with Crippen LogP contribution in [0, 0.1) is 0 Å². The maximum atomic E-state index is 10.6. The van der Waals surface area contributed by atoms with E-state index in [2.05, 4.69) is 24.1 Å². The van der Waals surface area contributed by atoms with E-state index in [0.717, 1.165) is 61.2 Å². The van der Waals surface area contributed by atoms with Gasteiger partial charge in [0.1, 0.15) is 17.1 Å². The van der Waals surface area contributed by atoms with E-state index >= 15 is 0 Å². The first-order chi connectivity index (χ1) is 19.9. The average molecular weight is 647 g/mol. The van der Waals surface area contributed by atoms with Gasteiger partial charge in [-0.1, -0.05) is 11.6 Å². The molecule has 0 saturated carbocycles. The fourth-order valence-electron chi connectivity index (χ4n) is 4.24. The van der Waals surface area contributed by atoms with E-state index in [1.54, 1.807) is 0 Å². The van der Waals surface area contributed by atoms with Crippen molar-refractivity contribution in [3.8, 4) is 11.3 Å². The molecule has 43 heavy (non-hydrogen) atoms. The van der Waals surface area contributed by atoms with Crippen molar-refractivity contribution >= 4 is 23.5 Å². The standard InChI is InChI=1S/C23H31ClN2O3.2C2HF3O2/c1-17(2)26-11-12-27-16-23(15-26)10-9-21(29-23)14-25-13-20-7-8-22(28-20)18-3-5-19(24)6-4-18;2*3-2(4,5)1(6)7/h3-8,17,21,25H,9-16H2,1-2H3;2*(H,6,7)/t21-,23-;;/m1../s1. The third kappa shape index (κ3) is 12.3. The predicted molar refractivity (Wildman–Crippen MR) is 143 cm³/mol. The Bertz CT molecular complexity index is 1150. The van der Waals surface area contributed by atoms with Crippen LogP contribution in [0.25, 0.3) is 11.3 Å². The monoisotopic (exact) mass is 646 g/mol. The van der Waals surface area contributed by atoms with E-state index < -0.39 is 24.3 Å². The zero-order chi connectivity index (χ0) is 32.4. The molecule has 1 spiro atoms. The number of carbonyl (C=O) groups is 2. The SMILES string of the molecule is CC(C)N1CCOC[C@@]2(CC[C@H](CNCc3ccc(-c4ccc(Cl)cc4)o3)O2)C1.O=C(O)C(F)(F)F.O=C(O)C(F)(F)F. The van der Waals surface area contributed by atoms with Crippen molar-refractivity contribution in [3.63, 3.8) is 0 Å². The number of rotatable bonds is 6. The Balaban J connectivity index is 0.000000384. The van der Waals surface area contributed by atoms with Crippen LogP contribution in [0.5, 0.6) is 0 Å². The highest BCUT2D eigenvalue weighted by molar-refractivity contribution is 6.30. The third-order valence-electron chi connectivity index (χ3n) is 6.39. The van der Waals surface area contributed by atoms with Gasteiger partial charge in [-0.3, -0.25) is 4.90 Å². The maximum Gasteiger partial charge on any atom is 0.490 e. The second-order valence-electron chi connectivity index (χ2n) is 10.1. The van der Waals surface area contributed by atoms with Gasteiger partial charge in [0.2, 0.25) is 0 Å². The summed E-state index contributed by atoms with van der Waals surface area (Å²) in [5, 5.41) is 18.5. The molecule has 2 saturated heterocycles. The minimum atomic E-state index is -5.08. The Morgan fingerprint density at radius 3 is 2.16 bits per heavy atom. The molecule has 0 unspecified atom stereocenters. The Morgan fingerprint density at radius 2 is 1.63 bits per heavy atom. The third-order valence-corrected chi connectivity index (χ3v) is 6.65. The lowest BCUT2D eigenvalue weighted by atomic mass is 9.99. The predicted octanol–water partition coefficient (Wildman–Crippen LogP) is 5.61. The van der Waals surface area contributed by atoms with Gasteiger partial charge in [0.05, 0.1) is 25.9 Å². The summed E-state index contributed by atoms with van der Waals surface area (Å²) in [5.41, 5.74) is 0.879. The highest BCUT2D eigenvalue weighted by Crippen LogP contribution is 2.33. The number of carboxylic acids is 2. The van der Waals surface area contributed by atoms with E-state index in [4.69, 9.17) is 45.3 Å². The van der Waals surface area contributed by atoms with Crippen LogP contribution in [0.3, 0.4) is 0 Å². The number of nitrogens with zero attached hydrogens (tertiary/aromatic N) is 1. The minimum absolute atomic E-state index is 0.153. The number of aliphatic carboxylic acids is 2. The summed E-state index contributed by atoms with van der Waals surface area (Å²) in [7, 11) is 0. The van der Waals surface area contributed by atoms with E-state index in [-0.39, 0.29) is 11.7 Å². The molecule has 9 nitrogen and oxygen atoms in total. The summed E-state index contributed by atoms with van der Waals surface area (Å²) < 4.78 is 81.8. The summed E-state index contributed by atoms with van der Waals surface area (Å²) in [6.45, 7) is 9.44. The molecule has 0 bridgehead atoms. The lowest BCUT2D eigenvalue weighted by Crippen LogP contribution is -2.47. The lowest BCUT2D eigenvalue weighted by molar-refractivity contribution is -0.193. The van der Waals surface area contributed by atoms with Crippen molar-refractivity contribution in [2.45, 2.75) is 63.3 Å². The Hall–Kier alpha value is -2.85. The molecule has 0 radical (unpaired) electrons. The van der Waals surface area contributed by atoms with E-state index in [0.29, 0.717) is 19.2 Å². The normalized spacial score (nSPS) is 21.0. The molecule has 2 atom stereocenters. The van der Waals surface area contributed by atoms with E-state index in [9.17, 15) is 26.3 Å². The number of furan rings is 1. The van der Waals surface area contributed by atoms with Gasteiger partial charge in [0.25, 0.3) is 0 Å². The zero-order valence-electron chi connectivity index (χ0n) is 23.3. The number of carboxylic acid groups (broad SMARTS) is 2. The van der Waals surface area contributed by atoms with Gasteiger partial charge >= 0.3 is 24.3 Å². The molecule has 1 aromatic carbocycles. The van der Waals surface area contributed by atoms with Crippen LogP contribution in [0.1, 0.15) is 32.4 Å². The second-order valence-corrected chi connectivity index (χ2v) is 10.5. The molecule has 2 aliphatic heterocycles. The lowest BCUT2D eigenvalue weighted by Gasteiger charge is -2.34. The van der Waals surface area contributed by atoms with Crippen molar-refractivity contribution in [2.75, 3.05) is 32.8 Å². The largest absolute Gasteiger partial charge is 0.490 e. The van der Waals surface area contributed by atoms with E-state index in [1.807, 2.05) is 36.4 Å². The summed E-state index contributed by atoms with van der Waals surface area (Å²) >= 11 is 5.96. The molecule has 16 heteroatoms. The first-order valence-electron chi connectivity index (χ1n) is 13.1. The van der Waals surface area contributed by atoms with Gasteiger partial charge in [0.15, 0.2) is 0 Å². The molecule has 1 aromatic heterocycles. The Morgan fingerprint density at radius 1 is 1.05 bits per heavy atom. The quantitative estimate of drug-likeness (QED) is 0.344. The smallest absolute Gasteiger partial charge is 0.475 e. The van der Waals surface area contributed by atoms with Crippen LogP contribution in [-0.4, -0.2) is 90.0 Å². The van der Waals surface area contributed by atoms with Crippen LogP contribution >= 0.6 is 11.6 Å². The second kappa shape index (κ2) is 15.7. The fourth-order valence-corrected chi connectivity index (χ4v) is 4.36. The average Bonchev–Trinajstić information content (AvgIpc) is 3.47. The summed E-state index contributed by atoms with van der Waals surface area (Å²) in [6.07, 6.45) is -7.82. The van der Waals surface area contributed by atoms with Crippen LogP contribution in [0.2, 0.25) is 5.02 Å². The van der Waals surface area contributed by atoms with Crippen molar-refractivity contribution < 1.29 is 60.0 Å². The van der Waals surface area contributed by atoms with Gasteiger partial charge in [-0.2, -0.15) is 26.3 Å². The molecular weight excluding hydrogens is 614 g/mol. The molecule has 0 amide bonds. The molecule has 2 fully saturated rings. The molecule has 242 valence electrons. The Kier molecular flexibility index (Phi) is 13.3. The number of nitrogens with one attached hydrogen (secondary N) is 1. The fraction of sp³-hybridized carbons (Fsp3) is 0.556. The van der Waals surface area contributed by atoms with Crippen LogP contribution < -0.4 is 5.32 Å². The number of hydrogen-bond donors (Lipinski definition) is 3. The molecule has 0 aliphatic carbocycles. The van der Waals surface area contributed by atoms with Crippen molar-refractivity contribution in [1.82, 2.24) is 10.2 Å². The first kappa shape index (κ1) is 36.3. The summed E-state index contributed by atoms with van der Waals surface area (Å²) in [5.74, 6) is -3.73. The van der Waals surface area contributed by atoms with Gasteiger partial charge in [-0.15, -0.1) is 0 Å². The van der Waals surface area contributed by atoms with Crippen LogP contribution in [-0.2, 0) is 25.6 Å². The van der Waals surface area contributed by atoms with Crippen LogP contribution in [0.15, 0.2) is 40.8 Å². The first-order valence-corrected chi connectivity index (χ1v) is 13.4. The number of hydrogen-bond acceptors (Lipinski definition) is 7. The number of alkyl halides is 6. The molecule has 3 N–H and O–H groups in total. The molecule has 2 aromatic rings. The minimum Gasteiger partial charge on any atom is -0.475 e. The van der Waals surface area contributed by atoms with Gasteiger partial charge in [-0.05, 0) is 63.1 Å². The molecule has 4 rings (SSSR count). The zero-order valence-corrected chi connectivity index (χ0v) is 24.1. The number of benzene rings is 1. The van der Waals surface area contributed by atoms with Gasteiger partial charge in [0, 0.05) is 36.3 Å². The summed E-state index contributed by atoms with van der Waals surface area (Å²) in [4.78, 5) is 20.3. The van der Waals surface area contributed by atoms with Crippen molar-refractivity contribution in [2.24, 2.45) is 0 Å². The number of ether oxygens (including phenoxy) is 2. The molecule has 3 heterocycles.